The highest BCUT2D eigenvalue weighted by molar-refractivity contribution is 5.88. The van der Waals surface area contributed by atoms with Crippen LogP contribution in [0.4, 0.5) is 0 Å². The summed E-state index contributed by atoms with van der Waals surface area (Å²) in [5.41, 5.74) is 1.68. The predicted octanol–water partition coefficient (Wildman–Crippen LogP) is 2.81. The van der Waals surface area contributed by atoms with E-state index < -0.39 is 17.4 Å². The summed E-state index contributed by atoms with van der Waals surface area (Å²) in [6.45, 7) is 4.28. The maximum absolute atomic E-state index is 11.8. The second kappa shape index (κ2) is 6.85. The number of carbonyl (C=O) groups is 2. The molecule has 2 fully saturated rings. The molecule has 3 heterocycles. The summed E-state index contributed by atoms with van der Waals surface area (Å²) in [6.07, 6.45) is 1.44. The lowest BCUT2D eigenvalue weighted by molar-refractivity contribution is -0.144. The van der Waals surface area contributed by atoms with E-state index in [4.69, 9.17) is 4.42 Å². The zero-order valence-electron chi connectivity index (χ0n) is 15.4. The van der Waals surface area contributed by atoms with E-state index in [2.05, 4.69) is 22.3 Å². The third-order valence-electron chi connectivity index (χ3n) is 5.85. The Labute approximate surface area is 158 Å². The van der Waals surface area contributed by atoms with Gasteiger partial charge in [-0.2, -0.15) is 0 Å². The van der Waals surface area contributed by atoms with Crippen molar-refractivity contribution in [3.63, 3.8) is 0 Å². The van der Waals surface area contributed by atoms with Crippen molar-refractivity contribution in [3.05, 3.63) is 47.7 Å². The third kappa shape index (κ3) is 3.49. The lowest BCUT2D eigenvalue weighted by Crippen LogP contribution is -2.55. The fourth-order valence-electron chi connectivity index (χ4n) is 4.37. The van der Waals surface area contributed by atoms with Crippen LogP contribution >= 0.6 is 0 Å². The van der Waals surface area contributed by atoms with Gasteiger partial charge in [-0.3, -0.25) is 14.5 Å². The number of carboxylic acid groups (broad SMARTS) is 1. The van der Waals surface area contributed by atoms with Gasteiger partial charge in [0.15, 0.2) is 0 Å². The van der Waals surface area contributed by atoms with Gasteiger partial charge in [-0.05, 0) is 43.5 Å². The van der Waals surface area contributed by atoms with Crippen molar-refractivity contribution in [3.8, 4) is 11.3 Å². The van der Waals surface area contributed by atoms with Gasteiger partial charge in [0.2, 0.25) is 5.91 Å². The van der Waals surface area contributed by atoms with Gasteiger partial charge in [-0.15, -0.1) is 0 Å². The lowest BCUT2D eigenvalue weighted by Gasteiger charge is -2.41. The molecular weight excluding hydrogens is 344 g/mol. The van der Waals surface area contributed by atoms with E-state index in [1.807, 2.05) is 31.2 Å². The van der Waals surface area contributed by atoms with E-state index in [0.29, 0.717) is 12.8 Å². The van der Waals surface area contributed by atoms with E-state index in [-0.39, 0.29) is 12.3 Å². The Morgan fingerprint density at radius 3 is 2.74 bits per heavy atom. The summed E-state index contributed by atoms with van der Waals surface area (Å²) in [5, 5.41) is 12.4. The van der Waals surface area contributed by atoms with E-state index in [0.717, 1.165) is 36.7 Å². The Hall–Kier alpha value is -2.60. The van der Waals surface area contributed by atoms with Crippen molar-refractivity contribution in [2.45, 2.75) is 38.3 Å². The first-order valence-corrected chi connectivity index (χ1v) is 9.37. The Morgan fingerprint density at radius 1 is 1.30 bits per heavy atom. The van der Waals surface area contributed by atoms with E-state index >= 15 is 0 Å². The van der Waals surface area contributed by atoms with Crippen LogP contribution in [0.5, 0.6) is 0 Å². The van der Waals surface area contributed by atoms with Gasteiger partial charge in [-0.25, -0.2) is 0 Å². The number of nitrogens with zero attached hydrogens (tertiary/aromatic N) is 1. The van der Waals surface area contributed by atoms with Gasteiger partial charge < -0.3 is 14.8 Å². The summed E-state index contributed by atoms with van der Waals surface area (Å²) < 4.78 is 5.71. The number of furan rings is 1. The summed E-state index contributed by atoms with van der Waals surface area (Å²) >= 11 is 0. The van der Waals surface area contributed by atoms with Gasteiger partial charge in [0, 0.05) is 31.6 Å². The minimum atomic E-state index is -0.872. The number of nitrogens with one attached hydrogen (secondary N) is 1. The molecule has 2 aromatic rings. The summed E-state index contributed by atoms with van der Waals surface area (Å²) in [4.78, 5) is 25.7. The Bertz CT molecular complexity index is 865. The van der Waals surface area contributed by atoms with Crippen LogP contribution in [0.2, 0.25) is 0 Å². The number of amides is 1. The molecule has 1 aromatic heterocycles. The molecule has 2 aliphatic rings. The lowest BCUT2D eigenvalue weighted by atomic mass is 9.77. The standard InChI is InChI=1S/C21H24N2O4/c1-14-5-6-18(27-14)16-4-2-3-15(11-16)13-23-9-7-21(8-10-23)17(20(25)26)12-19(24)22-21/h2-6,11,17H,7-10,12-13H2,1H3,(H,22,24)(H,25,26). The summed E-state index contributed by atoms with van der Waals surface area (Å²) in [7, 11) is 0. The molecule has 27 heavy (non-hydrogen) atoms. The van der Waals surface area contributed by atoms with Crippen LogP contribution in [-0.4, -0.2) is 40.5 Å². The number of hydrogen-bond donors (Lipinski definition) is 2. The van der Waals surface area contributed by atoms with Crippen molar-refractivity contribution in [2.24, 2.45) is 5.92 Å². The van der Waals surface area contributed by atoms with Crippen LogP contribution in [0.1, 0.15) is 30.6 Å². The van der Waals surface area contributed by atoms with Gasteiger partial charge in [-0.1, -0.05) is 18.2 Å². The van der Waals surface area contributed by atoms with E-state index in [9.17, 15) is 14.7 Å². The molecule has 1 spiro atoms. The molecule has 6 heteroatoms. The SMILES string of the molecule is Cc1ccc(-c2cccc(CN3CCC4(CC3)NC(=O)CC4C(=O)O)c2)o1. The summed E-state index contributed by atoms with van der Waals surface area (Å²) in [5.74, 6) is 0.131. The van der Waals surface area contributed by atoms with Crippen LogP contribution in [0.15, 0.2) is 40.8 Å². The molecule has 1 atom stereocenters. The van der Waals surface area contributed by atoms with Crippen molar-refractivity contribution in [2.75, 3.05) is 13.1 Å². The Morgan fingerprint density at radius 2 is 2.07 bits per heavy atom. The molecule has 0 aliphatic carbocycles. The van der Waals surface area contributed by atoms with Crippen LogP contribution in [0.25, 0.3) is 11.3 Å². The van der Waals surface area contributed by atoms with E-state index in [1.54, 1.807) is 0 Å². The molecule has 1 amide bonds. The van der Waals surface area contributed by atoms with Gasteiger partial charge in [0.05, 0.1) is 11.5 Å². The molecule has 0 radical (unpaired) electrons. The third-order valence-corrected chi connectivity index (χ3v) is 5.85. The maximum Gasteiger partial charge on any atom is 0.309 e. The number of hydrogen-bond acceptors (Lipinski definition) is 4. The summed E-state index contributed by atoms with van der Waals surface area (Å²) in [6, 6.07) is 12.2. The number of likely N-dealkylation sites (tertiary alicyclic amines) is 1. The topological polar surface area (TPSA) is 82.8 Å². The quantitative estimate of drug-likeness (QED) is 0.867. The number of carbonyl (C=O) groups excluding carboxylic acids is 1. The van der Waals surface area contributed by atoms with Gasteiger partial charge >= 0.3 is 5.97 Å². The molecule has 1 aromatic carbocycles. The fraction of sp³-hybridized carbons (Fsp3) is 0.429. The average molecular weight is 368 g/mol. The van der Waals surface area contributed by atoms with Crippen LogP contribution < -0.4 is 5.32 Å². The first kappa shape index (κ1) is 17.8. The first-order chi connectivity index (χ1) is 12.9. The number of aryl methyl sites for hydroxylation is 1. The first-order valence-electron chi connectivity index (χ1n) is 9.37. The molecule has 0 bridgehead atoms. The highest BCUT2D eigenvalue weighted by atomic mass is 16.4. The van der Waals surface area contributed by atoms with Crippen LogP contribution in [0, 0.1) is 12.8 Å². The molecule has 4 rings (SSSR count). The Kier molecular flexibility index (Phi) is 4.52. The zero-order chi connectivity index (χ0) is 19.0. The van der Waals surface area contributed by atoms with Crippen molar-refractivity contribution >= 4 is 11.9 Å². The molecule has 6 nitrogen and oxygen atoms in total. The number of piperidine rings is 1. The van der Waals surface area contributed by atoms with Crippen LogP contribution in [0.3, 0.4) is 0 Å². The second-order valence-corrected chi connectivity index (χ2v) is 7.69. The molecule has 142 valence electrons. The molecular formula is C21H24N2O4. The highest BCUT2D eigenvalue weighted by Crippen LogP contribution is 2.37. The average Bonchev–Trinajstić information content (AvgIpc) is 3.21. The minimum Gasteiger partial charge on any atom is -0.481 e. The van der Waals surface area contributed by atoms with E-state index in [1.165, 1.54) is 5.56 Å². The highest BCUT2D eigenvalue weighted by Gasteiger charge is 2.51. The molecule has 2 saturated heterocycles. The molecule has 1 unspecified atom stereocenters. The predicted molar refractivity (Wildman–Crippen MR) is 100 cm³/mol. The number of aliphatic carboxylic acids is 1. The van der Waals surface area contributed by atoms with Crippen molar-refractivity contribution in [1.82, 2.24) is 10.2 Å². The van der Waals surface area contributed by atoms with Crippen LogP contribution in [-0.2, 0) is 16.1 Å². The zero-order valence-corrected chi connectivity index (χ0v) is 15.4. The smallest absolute Gasteiger partial charge is 0.309 e. The Balaban J connectivity index is 1.43. The normalized spacial score (nSPS) is 22.1. The minimum absolute atomic E-state index is 0.0972. The molecule has 2 N–H and O–H groups in total. The van der Waals surface area contributed by atoms with Gasteiger partial charge in [0.1, 0.15) is 11.5 Å². The fourth-order valence-corrected chi connectivity index (χ4v) is 4.37. The number of carboxylic acids is 1. The monoisotopic (exact) mass is 368 g/mol. The molecule has 2 aliphatic heterocycles. The second-order valence-electron chi connectivity index (χ2n) is 7.69. The van der Waals surface area contributed by atoms with Gasteiger partial charge in [0.25, 0.3) is 0 Å². The molecule has 0 saturated carbocycles. The van der Waals surface area contributed by atoms with Crippen molar-refractivity contribution < 1.29 is 19.1 Å². The van der Waals surface area contributed by atoms with Crippen molar-refractivity contribution in [1.29, 1.82) is 0 Å². The maximum atomic E-state index is 11.8. The number of rotatable bonds is 4. The number of benzene rings is 1. The largest absolute Gasteiger partial charge is 0.481 e.